The lowest BCUT2D eigenvalue weighted by Gasteiger charge is -2.37. The molecule has 2 amide bonds. The van der Waals surface area contributed by atoms with Crippen molar-refractivity contribution in [3.63, 3.8) is 0 Å². The molecule has 176 valence electrons. The van der Waals surface area contributed by atoms with E-state index in [1.54, 1.807) is 22.3 Å². The second-order valence-corrected chi connectivity index (χ2v) is 8.87. The highest BCUT2D eigenvalue weighted by Gasteiger charge is 2.33. The SMILES string of the molecule is C=CCN(CC(=O)N1CCc2sccc2C1COc1ccc(F)cc1)C(=O)c1ccccc1F. The minimum Gasteiger partial charge on any atom is -0.491 e. The van der Waals surface area contributed by atoms with Crippen LogP contribution in [0.3, 0.4) is 0 Å². The van der Waals surface area contributed by atoms with Gasteiger partial charge in [0.2, 0.25) is 5.91 Å². The molecule has 1 aliphatic rings. The summed E-state index contributed by atoms with van der Waals surface area (Å²) in [5.74, 6) is -1.33. The van der Waals surface area contributed by atoms with E-state index in [-0.39, 0.29) is 43.0 Å². The highest BCUT2D eigenvalue weighted by atomic mass is 32.1. The van der Waals surface area contributed by atoms with Crippen LogP contribution in [-0.2, 0) is 11.2 Å². The summed E-state index contributed by atoms with van der Waals surface area (Å²) in [6, 6.07) is 13.0. The zero-order valence-corrected chi connectivity index (χ0v) is 19.3. The van der Waals surface area contributed by atoms with Crippen LogP contribution in [0.25, 0.3) is 0 Å². The number of benzene rings is 2. The van der Waals surface area contributed by atoms with Gasteiger partial charge in [-0.05, 0) is 59.8 Å². The van der Waals surface area contributed by atoms with E-state index >= 15 is 0 Å². The van der Waals surface area contributed by atoms with Crippen LogP contribution in [0.15, 0.2) is 72.6 Å². The third kappa shape index (κ3) is 5.17. The Morgan fingerprint density at radius 1 is 1.15 bits per heavy atom. The Kier molecular flexibility index (Phi) is 7.37. The van der Waals surface area contributed by atoms with Gasteiger partial charge in [0.15, 0.2) is 0 Å². The van der Waals surface area contributed by atoms with Crippen LogP contribution in [0.4, 0.5) is 8.78 Å². The number of hydrogen-bond acceptors (Lipinski definition) is 4. The van der Waals surface area contributed by atoms with Gasteiger partial charge in [0, 0.05) is 18.0 Å². The smallest absolute Gasteiger partial charge is 0.257 e. The van der Waals surface area contributed by atoms with E-state index in [0.717, 1.165) is 5.56 Å². The van der Waals surface area contributed by atoms with E-state index in [1.807, 2.05) is 11.4 Å². The Bertz CT molecular complexity index is 1180. The molecule has 1 aliphatic heterocycles. The van der Waals surface area contributed by atoms with Crippen LogP contribution < -0.4 is 4.74 Å². The van der Waals surface area contributed by atoms with Crippen molar-refractivity contribution in [1.29, 1.82) is 0 Å². The normalized spacial score (nSPS) is 14.9. The fraction of sp³-hybridized carbons (Fsp3) is 0.231. The molecular weight excluding hydrogens is 458 g/mol. The average molecular weight is 483 g/mol. The van der Waals surface area contributed by atoms with Gasteiger partial charge in [-0.1, -0.05) is 18.2 Å². The van der Waals surface area contributed by atoms with Crippen LogP contribution >= 0.6 is 11.3 Å². The van der Waals surface area contributed by atoms with Gasteiger partial charge in [0.1, 0.15) is 30.5 Å². The summed E-state index contributed by atoms with van der Waals surface area (Å²) in [5, 5.41) is 1.98. The lowest BCUT2D eigenvalue weighted by molar-refractivity contribution is -0.135. The van der Waals surface area contributed by atoms with Gasteiger partial charge < -0.3 is 14.5 Å². The van der Waals surface area contributed by atoms with E-state index in [0.29, 0.717) is 18.7 Å². The fourth-order valence-electron chi connectivity index (χ4n) is 4.01. The van der Waals surface area contributed by atoms with Crippen LogP contribution in [-0.4, -0.2) is 47.9 Å². The molecule has 0 saturated carbocycles. The van der Waals surface area contributed by atoms with Gasteiger partial charge in [-0.3, -0.25) is 9.59 Å². The third-order valence-corrected chi connectivity index (χ3v) is 6.70. The Morgan fingerprint density at radius 3 is 2.65 bits per heavy atom. The van der Waals surface area contributed by atoms with E-state index in [4.69, 9.17) is 4.74 Å². The summed E-state index contributed by atoms with van der Waals surface area (Å²) in [5.41, 5.74) is 0.912. The van der Waals surface area contributed by atoms with Crippen LogP contribution in [0.2, 0.25) is 0 Å². The molecule has 8 heteroatoms. The minimum atomic E-state index is -0.638. The molecule has 0 bridgehead atoms. The molecular formula is C26H24F2N2O3S. The number of thiophene rings is 1. The summed E-state index contributed by atoms with van der Waals surface area (Å²) >= 11 is 1.63. The standard InChI is InChI=1S/C26H24F2N2O3S/c1-2-13-29(26(32)20-5-3-4-6-22(20)28)16-25(31)30-14-11-24-21(12-15-34-24)23(30)17-33-19-9-7-18(27)8-10-19/h2-10,12,15,23H,1,11,13-14,16-17H2. The van der Waals surface area contributed by atoms with Crippen LogP contribution in [0.1, 0.15) is 26.8 Å². The molecule has 2 aromatic carbocycles. The molecule has 0 N–H and O–H groups in total. The lowest BCUT2D eigenvalue weighted by atomic mass is 10.0. The number of halogens is 2. The first-order valence-corrected chi connectivity index (χ1v) is 11.7. The van der Waals surface area contributed by atoms with Crippen molar-refractivity contribution in [3.8, 4) is 5.75 Å². The van der Waals surface area contributed by atoms with Crippen molar-refractivity contribution >= 4 is 23.2 Å². The average Bonchev–Trinajstić information content (AvgIpc) is 3.32. The molecule has 3 aromatic rings. The number of carbonyl (C=O) groups is 2. The quantitative estimate of drug-likeness (QED) is 0.431. The summed E-state index contributed by atoms with van der Waals surface area (Å²) in [4.78, 5) is 30.5. The zero-order chi connectivity index (χ0) is 24.1. The highest BCUT2D eigenvalue weighted by molar-refractivity contribution is 7.10. The van der Waals surface area contributed by atoms with Crippen molar-refractivity contribution in [3.05, 3.63) is 100 Å². The molecule has 0 aliphatic carbocycles. The maximum Gasteiger partial charge on any atom is 0.257 e. The predicted octanol–water partition coefficient (Wildman–Crippen LogP) is 4.86. The summed E-state index contributed by atoms with van der Waals surface area (Å²) < 4.78 is 33.3. The Labute approximate surface area is 200 Å². The van der Waals surface area contributed by atoms with Crippen molar-refractivity contribution in [2.75, 3.05) is 26.2 Å². The number of nitrogens with zero attached hydrogens (tertiary/aromatic N) is 2. The molecule has 0 spiro atoms. The van der Waals surface area contributed by atoms with Crippen molar-refractivity contribution < 1.29 is 23.1 Å². The molecule has 0 saturated heterocycles. The molecule has 1 atom stereocenters. The molecule has 0 radical (unpaired) electrons. The number of amides is 2. The molecule has 1 unspecified atom stereocenters. The van der Waals surface area contributed by atoms with Gasteiger partial charge in [0.25, 0.3) is 5.91 Å². The van der Waals surface area contributed by atoms with Crippen molar-refractivity contribution in [2.45, 2.75) is 12.5 Å². The van der Waals surface area contributed by atoms with E-state index < -0.39 is 11.7 Å². The van der Waals surface area contributed by atoms with E-state index in [2.05, 4.69) is 6.58 Å². The number of ether oxygens (including phenoxy) is 1. The molecule has 5 nitrogen and oxygen atoms in total. The van der Waals surface area contributed by atoms with Gasteiger partial charge in [-0.25, -0.2) is 8.78 Å². The Morgan fingerprint density at radius 2 is 1.91 bits per heavy atom. The van der Waals surface area contributed by atoms with Crippen molar-refractivity contribution in [1.82, 2.24) is 9.80 Å². The van der Waals surface area contributed by atoms with Crippen LogP contribution in [0.5, 0.6) is 5.75 Å². The molecule has 0 fully saturated rings. The van der Waals surface area contributed by atoms with Gasteiger partial charge in [-0.2, -0.15) is 0 Å². The number of fused-ring (bicyclic) bond motifs is 1. The van der Waals surface area contributed by atoms with Crippen molar-refractivity contribution in [2.24, 2.45) is 0 Å². The van der Waals surface area contributed by atoms with Crippen LogP contribution in [0, 0.1) is 11.6 Å². The fourth-order valence-corrected chi connectivity index (χ4v) is 4.94. The highest BCUT2D eigenvalue weighted by Crippen LogP contribution is 2.34. The number of rotatable bonds is 8. The lowest BCUT2D eigenvalue weighted by Crippen LogP contribution is -2.48. The first-order valence-electron chi connectivity index (χ1n) is 10.9. The van der Waals surface area contributed by atoms with E-state index in [9.17, 15) is 18.4 Å². The first kappa shape index (κ1) is 23.6. The maximum absolute atomic E-state index is 14.2. The Hall–Kier alpha value is -3.52. The number of hydrogen-bond donors (Lipinski definition) is 0. The van der Waals surface area contributed by atoms with Gasteiger partial charge in [0.05, 0.1) is 11.6 Å². The van der Waals surface area contributed by atoms with E-state index in [1.165, 1.54) is 58.3 Å². The largest absolute Gasteiger partial charge is 0.491 e. The maximum atomic E-state index is 14.2. The van der Waals surface area contributed by atoms with Gasteiger partial charge in [-0.15, -0.1) is 17.9 Å². The molecule has 34 heavy (non-hydrogen) atoms. The van der Waals surface area contributed by atoms with Gasteiger partial charge >= 0.3 is 0 Å². The topological polar surface area (TPSA) is 49.9 Å². The summed E-state index contributed by atoms with van der Waals surface area (Å²) in [6.07, 6.45) is 2.21. The third-order valence-electron chi connectivity index (χ3n) is 5.70. The minimum absolute atomic E-state index is 0.0906. The number of carbonyl (C=O) groups excluding carboxylic acids is 2. The second kappa shape index (κ2) is 10.6. The molecule has 1 aromatic heterocycles. The first-order chi connectivity index (χ1) is 16.5. The molecule has 2 heterocycles. The second-order valence-electron chi connectivity index (χ2n) is 7.87. The molecule has 4 rings (SSSR count). The summed E-state index contributed by atoms with van der Waals surface area (Å²) in [7, 11) is 0. The predicted molar refractivity (Wildman–Crippen MR) is 127 cm³/mol. The monoisotopic (exact) mass is 482 g/mol. The zero-order valence-electron chi connectivity index (χ0n) is 18.5. The summed E-state index contributed by atoms with van der Waals surface area (Å²) in [6.45, 7) is 4.21. The Balaban J connectivity index is 1.53.